The third kappa shape index (κ3) is 3.44. The van der Waals surface area contributed by atoms with Crippen LogP contribution < -0.4 is 4.74 Å². The van der Waals surface area contributed by atoms with Gasteiger partial charge in [-0.25, -0.2) is 0 Å². The molecule has 3 aliphatic rings. The lowest BCUT2D eigenvalue weighted by Gasteiger charge is -2.36. The summed E-state index contributed by atoms with van der Waals surface area (Å²) in [6.45, 7) is 2.55. The second-order valence-electron chi connectivity index (χ2n) is 8.04. The molecular weight excluding hydrogens is 328 g/mol. The van der Waals surface area contributed by atoms with Crippen molar-refractivity contribution in [3.05, 3.63) is 29.8 Å². The Morgan fingerprint density at radius 3 is 2.27 bits per heavy atom. The van der Waals surface area contributed by atoms with Crippen LogP contribution in [-0.4, -0.2) is 54.9 Å². The van der Waals surface area contributed by atoms with E-state index < -0.39 is 0 Å². The lowest BCUT2D eigenvalue weighted by molar-refractivity contribution is -0.134. The normalized spacial score (nSPS) is 27.7. The highest BCUT2D eigenvalue weighted by Gasteiger charge is 2.40. The van der Waals surface area contributed by atoms with Gasteiger partial charge in [-0.2, -0.15) is 0 Å². The lowest BCUT2D eigenvalue weighted by Crippen LogP contribution is -2.51. The molecule has 2 aliphatic carbocycles. The molecule has 1 aromatic carbocycles. The minimum atomic E-state index is 0.0351. The van der Waals surface area contributed by atoms with Crippen molar-refractivity contribution in [3.63, 3.8) is 0 Å². The second kappa shape index (κ2) is 7.29. The third-order valence-electron chi connectivity index (χ3n) is 6.58. The van der Waals surface area contributed by atoms with E-state index >= 15 is 0 Å². The Labute approximate surface area is 155 Å². The Kier molecular flexibility index (Phi) is 4.88. The van der Waals surface area contributed by atoms with Crippen molar-refractivity contribution in [2.24, 2.45) is 17.8 Å². The van der Waals surface area contributed by atoms with Gasteiger partial charge in [-0.1, -0.05) is 6.42 Å². The van der Waals surface area contributed by atoms with E-state index in [1.54, 1.807) is 19.2 Å². The molecule has 2 saturated carbocycles. The highest BCUT2D eigenvalue weighted by Crippen LogP contribution is 2.49. The minimum absolute atomic E-state index is 0.0351. The third-order valence-corrected chi connectivity index (χ3v) is 6.58. The van der Waals surface area contributed by atoms with Crippen LogP contribution in [0.3, 0.4) is 0 Å². The van der Waals surface area contributed by atoms with Crippen molar-refractivity contribution in [2.45, 2.75) is 32.1 Å². The molecule has 3 unspecified atom stereocenters. The molecule has 1 aliphatic heterocycles. The van der Waals surface area contributed by atoms with Gasteiger partial charge in [0.15, 0.2) is 0 Å². The van der Waals surface area contributed by atoms with E-state index in [4.69, 9.17) is 4.74 Å². The highest BCUT2D eigenvalue weighted by molar-refractivity contribution is 5.94. The van der Waals surface area contributed by atoms with Crippen LogP contribution in [0.5, 0.6) is 5.75 Å². The number of benzene rings is 1. The summed E-state index contributed by atoms with van der Waals surface area (Å²) in [5, 5.41) is 0. The molecule has 1 saturated heterocycles. The molecule has 5 heteroatoms. The van der Waals surface area contributed by atoms with Crippen molar-refractivity contribution in [1.29, 1.82) is 0 Å². The number of carbonyl (C=O) groups is 2. The summed E-state index contributed by atoms with van der Waals surface area (Å²) in [6, 6.07) is 7.21. The monoisotopic (exact) mass is 356 g/mol. The fraction of sp³-hybridized carbons (Fsp3) is 0.619. The van der Waals surface area contributed by atoms with Crippen LogP contribution in [0.15, 0.2) is 24.3 Å². The van der Waals surface area contributed by atoms with Crippen LogP contribution in [0.4, 0.5) is 0 Å². The second-order valence-corrected chi connectivity index (χ2v) is 8.04. The van der Waals surface area contributed by atoms with Crippen molar-refractivity contribution in [1.82, 2.24) is 9.80 Å². The van der Waals surface area contributed by atoms with E-state index in [9.17, 15) is 9.59 Å². The van der Waals surface area contributed by atoms with E-state index in [1.165, 1.54) is 25.7 Å². The predicted molar refractivity (Wildman–Crippen MR) is 99.0 cm³/mol. The van der Waals surface area contributed by atoms with Gasteiger partial charge in [0, 0.05) is 38.2 Å². The Balaban J connectivity index is 1.27. The van der Waals surface area contributed by atoms with Crippen LogP contribution in [0.1, 0.15) is 42.5 Å². The van der Waals surface area contributed by atoms with E-state index in [-0.39, 0.29) is 5.91 Å². The number of hydrogen-bond donors (Lipinski definition) is 0. The highest BCUT2D eigenvalue weighted by atomic mass is 16.5. The molecular formula is C21H28N2O3. The Morgan fingerprint density at radius 1 is 1.00 bits per heavy atom. The number of nitrogens with zero attached hydrogens (tertiary/aromatic N) is 2. The summed E-state index contributed by atoms with van der Waals surface area (Å²) in [5.41, 5.74) is 0.674. The molecule has 5 nitrogen and oxygen atoms in total. The Morgan fingerprint density at radius 2 is 1.69 bits per heavy atom. The predicted octanol–water partition coefficient (Wildman–Crippen LogP) is 2.81. The average molecular weight is 356 g/mol. The van der Waals surface area contributed by atoms with Crippen LogP contribution in [0, 0.1) is 17.8 Å². The van der Waals surface area contributed by atoms with E-state index in [0.717, 1.165) is 17.6 Å². The van der Waals surface area contributed by atoms with Crippen molar-refractivity contribution < 1.29 is 14.3 Å². The first kappa shape index (κ1) is 17.4. The van der Waals surface area contributed by atoms with Crippen molar-refractivity contribution >= 4 is 11.8 Å². The maximum absolute atomic E-state index is 12.7. The minimum Gasteiger partial charge on any atom is -0.497 e. The molecule has 0 N–H and O–H groups in total. The quantitative estimate of drug-likeness (QED) is 0.834. The number of carbonyl (C=O) groups excluding carboxylic acids is 2. The molecule has 1 aromatic rings. The van der Waals surface area contributed by atoms with Gasteiger partial charge in [-0.05, 0) is 61.3 Å². The lowest BCUT2D eigenvalue weighted by atomic mass is 9.86. The smallest absolute Gasteiger partial charge is 0.253 e. The molecule has 26 heavy (non-hydrogen) atoms. The number of rotatable bonds is 4. The van der Waals surface area contributed by atoms with Gasteiger partial charge in [0.2, 0.25) is 5.91 Å². The Hall–Kier alpha value is -2.04. The zero-order valence-electron chi connectivity index (χ0n) is 15.5. The van der Waals surface area contributed by atoms with Crippen molar-refractivity contribution in [2.75, 3.05) is 33.3 Å². The summed E-state index contributed by atoms with van der Waals surface area (Å²) >= 11 is 0. The number of hydrogen-bond acceptors (Lipinski definition) is 3. The molecule has 1 heterocycles. The maximum Gasteiger partial charge on any atom is 0.253 e. The van der Waals surface area contributed by atoms with Crippen LogP contribution in [-0.2, 0) is 4.79 Å². The standard InChI is InChI=1S/C21H28N2O3/c1-26-19-6-4-16(5-7-19)21(25)23-10-8-22(9-11-23)20(24)14-18-13-15-2-3-17(18)12-15/h4-7,15,17-18H,2-3,8-14H2,1H3. The molecule has 2 amide bonds. The van der Waals surface area contributed by atoms with Crippen LogP contribution in [0.2, 0.25) is 0 Å². The van der Waals surface area contributed by atoms with Gasteiger partial charge in [0.25, 0.3) is 5.91 Å². The number of methoxy groups -OCH3 is 1. The molecule has 0 radical (unpaired) electrons. The molecule has 140 valence electrons. The van der Waals surface area contributed by atoms with Gasteiger partial charge in [-0.15, -0.1) is 0 Å². The van der Waals surface area contributed by atoms with Gasteiger partial charge < -0.3 is 14.5 Å². The molecule has 0 spiro atoms. The zero-order chi connectivity index (χ0) is 18.1. The summed E-state index contributed by atoms with van der Waals surface area (Å²) in [5.74, 6) is 3.36. The number of piperazine rings is 1. The molecule has 3 atom stereocenters. The summed E-state index contributed by atoms with van der Waals surface area (Å²) < 4.78 is 5.14. The molecule has 2 bridgehead atoms. The fourth-order valence-corrected chi connectivity index (χ4v) is 5.05. The summed E-state index contributed by atoms with van der Waals surface area (Å²) in [6.07, 6.45) is 6.02. The van der Waals surface area contributed by atoms with E-state index in [2.05, 4.69) is 0 Å². The first-order valence-corrected chi connectivity index (χ1v) is 9.85. The van der Waals surface area contributed by atoms with Crippen LogP contribution in [0.25, 0.3) is 0 Å². The first-order valence-electron chi connectivity index (χ1n) is 9.85. The summed E-state index contributed by atoms with van der Waals surface area (Å²) in [7, 11) is 1.61. The van der Waals surface area contributed by atoms with E-state index in [0.29, 0.717) is 50.0 Å². The topological polar surface area (TPSA) is 49.9 Å². The number of fused-ring (bicyclic) bond motifs is 2. The van der Waals surface area contributed by atoms with Crippen molar-refractivity contribution in [3.8, 4) is 5.75 Å². The summed E-state index contributed by atoms with van der Waals surface area (Å²) in [4.78, 5) is 29.1. The van der Waals surface area contributed by atoms with Gasteiger partial charge in [0.1, 0.15) is 5.75 Å². The molecule has 3 fully saturated rings. The van der Waals surface area contributed by atoms with Crippen LogP contribution >= 0.6 is 0 Å². The number of ether oxygens (including phenoxy) is 1. The van der Waals surface area contributed by atoms with Gasteiger partial charge in [0.05, 0.1) is 7.11 Å². The zero-order valence-corrected chi connectivity index (χ0v) is 15.5. The average Bonchev–Trinajstić information content (AvgIpc) is 3.31. The van der Waals surface area contributed by atoms with Gasteiger partial charge in [-0.3, -0.25) is 9.59 Å². The number of amides is 2. The van der Waals surface area contributed by atoms with Gasteiger partial charge >= 0.3 is 0 Å². The SMILES string of the molecule is COc1ccc(C(=O)N2CCN(C(=O)CC3CC4CCC3C4)CC2)cc1. The molecule has 4 rings (SSSR count). The fourth-order valence-electron chi connectivity index (χ4n) is 5.05. The van der Waals surface area contributed by atoms with E-state index in [1.807, 2.05) is 21.9 Å². The maximum atomic E-state index is 12.7. The largest absolute Gasteiger partial charge is 0.497 e. The first-order chi connectivity index (χ1) is 12.6. The molecule has 0 aromatic heterocycles. The Bertz CT molecular complexity index is 664.